The van der Waals surface area contributed by atoms with E-state index in [-0.39, 0.29) is 29.0 Å². The number of hydrogen-bond acceptors (Lipinski definition) is 7. The number of aromatic nitrogens is 1. The lowest BCUT2D eigenvalue weighted by molar-refractivity contribution is -0.117. The van der Waals surface area contributed by atoms with Crippen LogP contribution in [0.2, 0.25) is 5.02 Å². The van der Waals surface area contributed by atoms with Crippen molar-refractivity contribution in [1.82, 2.24) is 4.98 Å². The van der Waals surface area contributed by atoms with Gasteiger partial charge in [-0.15, -0.1) is 11.3 Å². The first-order chi connectivity index (χ1) is 15.9. The molecule has 2 aromatic carbocycles. The Labute approximate surface area is 201 Å². The number of nitrogens with one attached hydrogen (secondary N) is 2. The minimum absolute atomic E-state index is 0.0597. The number of hydrogen-bond donors (Lipinski definition) is 3. The van der Waals surface area contributed by atoms with Gasteiger partial charge in [-0.2, -0.15) is 0 Å². The van der Waals surface area contributed by atoms with Gasteiger partial charge in [-0.25, -0.2) is 13.4 Å². The van der Waals surface area contributed by atoms with E-state index in [2.05, 4.69) is 15.0 Å². The first kappa shape index (κ1) is 23.5. The molecule has 1 aliphatic rings. The highest BCUT2D eigenvalue weighted by molar-refractivity contribution is 7.93. The quantitative estimate of drug-likeness (QED) is 0.429. The number of aliphatic hydroxyl groups is 1. The SMILES string of the molecule is O=C(Nc1ccc(S(=O)(=O)Nc2nccs2)cc1)C(CCO)N1CCCc2cc(Cl)ccc21. The minimum Gasteiger partial charge on any atom is -0.396 e. The van der Waals surface area contributed by atoms with Crippen LogP contribution < -0.4 is 14.9 Å². The van der Waals surface area contributed by atoms with Gasteiger partial charge < -0.3 is 15.3 Å². The number of anilines is 3. The predicted molar refractivity (Wildman–Crippen MR) is 131 cm³/mol. The number of halogens is 1. The van der Waals surface area contributed by atoms with Crippen molar-refractivity contribution in [3.63, 3.8) is 0 Å². The molecule has 1 aromatic heterocycles. The highest BCUT2D eigenvalue weighted by atomic mass is 35.5. The second-order valence-corrected chi connectivity index (χ2v) is 10.6. The van der Waals surface area contributed by atoms with Crippen LogP contribution in [-0.4, -0.2) is 43.6 Å². The summed E-state index contributed by atoms with van der Waals surface area (Å²) in [7, 11) is -3.77. The third kappa shape index (κ3) is 5.47. The Kier molecular flexibility index (Phi) is 7.18. The predicted octanol–water partition coefficient (Wildman–Crippen LogP) is 3.74. The second-order valence-electron chi connectivity index (χ2n) is 7.55. The summed E-state index contributed by atoms with van der Waals surface area (Å²) in [6, 6.07) is 11.0. The van der Waals surface area contributed by atoms with Gasteiger partial charge in [-0.3, -0.25) is 9.52 Å². The van der Waals surface area contributed by atoms with Gasteiger partial charge in [0, 0.05) is 41.1 Å². The summed E-state index contributed by atoms with van der Waals surface area (Å²) in [4.78, 5) is 19.1. The molecule has 3 aromatic rings. The van der Waals surface area contributed by atoms with E-state index in [1.807, 2.05) is 17.0 Å². The topological polar surface area (TPSA) is 112 Å². The number of rotatable bonds is 8. The van der Waals surface area contributed by atoms with Gasteiger partial charge in [0.2, 0.25) is 5.91 Å². The number of aliphatic hydroxyl groups excluding tert-OH is 1. The van der Waals surface area contributed by atoms with Crippen LogP contribution >= 0.6 is 22.9 Å². The molecule has 8 nitrogen and oxygen atoms in total. The summed E-state index contributed by atoms with van der Waals surface area (Å²) in [5.41, 5.74) is 2.48. The summed E-state index contributed by atoms with van der Waals surface area (Å²) >= 11 is 7.31. The van der Waals surface area contributed by atoms with E-state index in [1.165, 1.54) is 41.8 Å². The molecule has 11 heteroatoms. The van der Waals surface area contributed by atoms with Crippen LogP contribution in [0.3, 0.4) is 0 Å². The molecule has 0 aliphatic carbocycles. The highest BCUT2D eigenvalue weighted by Crippen LogP contribution is 2.32. The molecule has 174 valence electrons. The molecule has 3 N–H and O–H groups in total. The first-order valence-electron chi connectivity index (χ1n) is 10.4. The van der Waals surface area contributed by atoms with Gasteiger partial charge in [0.1, 0.15) is 6.04 Å². The fourth-order valence-electron chi connectivity index (χ4n) is 3.86. The molecule has 1 aliphatic heterocycles. The molecule has 0 saturated heterocycles. The Bertz CT molecular complexity index is 1220. The van der Waals surface area contributed by atoms with Crippen LogP contribution in [0.15, 0.2) is 58.9 Å². The number of nitrogens with zero attached hydrogens (tertiary/aromatic N) is 2. The van der Waals surface area contributed by atoms with E-state index in [4.69, 9.17) is 11.6 Å². The van der Waals surface area contributed by atoms with Crippen molar-refractivity contribution in [2.75, 3.05) is 28.1 Å². The van der Waals surface area contributed by atoms with E-state index >= 15 is 0 Å². The number of amides is 1. The monoisotopic (exact) mass is 506 g/mol. The van der Waals surface area contributed by atoms with Gasteiger partial charge in [0.15, 0.2) is 5.13 Å². The van der Waals surface area contributed by atoms with Crippen molar-refractivity contribution in [2.45, 2.75) is 30.2 Å². The molecule has 2 heterocycles. The number of aryl methyl sites for hydroxylation is 1. The normalized spacial score (nSPS) is 14.4. The van der Waals surface area contributed by atoms with Gasteiger partial charge in [0.05, 0.1) is 4.90 Å². The maximum absolute atomic E-state index is 13.1. The van der Waals surface area contributed by atoms with E-state index in [0.717, 1.165) is 24.1 Å². The molecule has 33 heavy (non-hydrogen) atoms. The third-order valence-electron chi connectivity index (χ3n) is 5.36. The first-order valence-corrected chi connectivity index (χ1v) is 13.1. The number of fused-ring (bicyclic) bond motifs is 1. The second kappa shape index (κ2) is 10.1. The number of carbonyl (C=O) groups is 1. The Morgan fingerprint density at radius 2 is 2.03 bits per heavy atom. The Balaban J connectivity index is 1.49. The van der Waals surface area contributed by atoms with E-state index in [0.29, 0.717) is 17.3 Å². The Hall–Kier alpha value is -2.66. The molecule has 0 radical (unpaired) electrons. The van der Waals surface area contributed by atoms with Crippen LogP contribution in [-0.2, 0) is 21.2 Å². The van der Waals surface area contributed by atoms with Gasteiger partial charge in [-0.05, 0) is 67.3 Å². The van der Waals surface area contributed by atoms with Crippen molar-refractivity contribution >= 4 is 55.4 Å². The summed E-state index contributed by atoms with van der Waals surface area (Å²) in [6.45, 7) is 0.545. The summed E-state index contributed by atoms with van der Waals surface area (Å²) in [6.07, 6.45) is 3.53. The summed E-state index contributed by atoms with van der Waals surface area (Å²) < 4.78 is 27.4. The number of carbonyl (C=O) groups excluding carboxylic acids is 1. The fraction of sp³-hybridized carbons (Fsp3) is 0.273. The zero-order chi connectivity index (χ0) is 23.4. The molecular formula is C22H23ClN4O4S2. The van der Waals surface area contributed by atoms with Crippen molar-refractivity contribution in [3.8, 4) is 0 Å². The van der Waals surface area contributed by atoms with Crippen molar-refractivity contribution in [1.29, 1.82) is 0 Å². The zero-order valence-electron chi connectivity index (χ0n) is 17.6. The Morgan fingerprint density at radius 3 is 2.73 bits per heavy atom. The highest BCUT2D eigenvalue weighted by Gasteiger charge is 2.29. The average Bonchev–Trinajstić information content (AvgIpc) is 3.29. The van der Waals surface area contributed by atoms with Gasteiger partial charge in [0.25, 0.3) is 10.0 Å². The molecule has 4 rings (SSSR count). The van der Waals surface area contributed by atoms with Crippen LogP contribution in [0.5, 0.6) is 0 Å². The molecular weight excluding hydrogens is 484 g/mol. The molecule has 0 spiro atoms. The van der Waals surface area contributed by atoms with Crippen LogP contribution in [0.1, 0.15) is 18.4 Å². The van der Waals surface area contributed by atoms with Gasteiger partial charge >= 0.3 is 0 Å². The Morgan fingerprint density at radius 1 is 1.24 bits per heavy atom. The van der Waals surface area contributed by atoms with E-state index in [9.17, 15) is 18.3 Å². The summed E-state index contributed by atoms with van der Waals surface area (Å²) in [5.74, 6) is -0.275. The third-order valence-corrected chi connectivity index (χ3v) is 7.77. The molecule has 1 atom stereocenters. The van der Waals surface area contributed by atoms with E-state index < -0.39 is 16.1 Å². The van der Waals surface area contributed by atoms with Crippen molar-refractivity contribution in [2.24, 2.45) is 0 Å². The van der Waals surface area contributed by atoms with Crippen molar-refractivity contribution < 1.29 is 18.3 Å². The van der Waals surface area contributed by atoms with Crippen molar-refractivity contribution in [3.05, 3.63) is 64.6 Å². The average molecular weight is 507 g/mol. The molecule has 1 unspecified atom stereocenters. The standard InChI is InChI=1S/C22H23ClN4O4S2/c23-16-3-8-19-15(14-16)2-1-11-27(19)20(9-12-28)21(29)25-17-4-6-18(7-5-17)33(30,31)26-22-24-10-13-32-22/h3-8,10,13-14,20,28H,1-2,9,11-12H2,(H,24,26)(H,25,29). The largest absolute Gasteiger partial charge is 0.396 e. The molecule has 0 saturated carbocycles. The fourth-order valence-corrected chi connectivity index (χ4v) is 5.84. The zero-order valence-corrected chi connectivity index (χ0v) is 20.0. The lowest BCUT2D eigenvalue weighted by Crippen LogP contribution is -2.47. The lowest BCUT2D eigenvalue weighted by Gasteiger charge is -2.37. The maximum Gasteiger partial charge on any atom is 0.263 e. The lowest BCUT2D eigenvalue weighted by atomic mass is 9.98. The smallest absolute Gasteiger partial charge is 0.263 e. The molecule has 1 amide bonds. The number of thiazole rings is 1. The van der Waals surface area contributed by atoms with Gasteiger partial charge in [-0.1, -0.05) is 11.6 Å². The van der Waals surface area contributed by atoms with Crippen LogP contribution in [0.25, 0.3) is 0 Å². The number of benzene rings is 2. The van der Waals surface area contributed by atoms with E-state index in [1.54, 1.807) is 11.4 Å². The van der Waals surface area contributed by atoms with Crippen LogP contribution in [0.4, 0.5) is 16.5 Å². The molecule has 0 fully saturated rings. The number of sulfonamides is 1. The molecule has 0 bridgehead atoms. The summed E-state index contributed by atoms with van der Waals surface area (Å²) in [5, 5.41) is 15.1. The van der Waals surface area contributed by atoms with Crippen LogP contribution in [0, 0.1) is 0 Å². The minimum atomic E-state index is -3.77. The maximum atomic E-state index is 13.1.